The number of methoxy groups -OCH3 is 1. The van der Waals surface area contributed by atoms with Crippen molar-refractivity contribution >= 4 is 18.1 Å². The Kier molecular flexibility index (Phi) is 6.55. The molecule has 0 aliphatic heterocycles. The fraction of sp³-hybridized carbons (Fsp3) is 0.615. The number of carbonyl (C=O) groups excluding carboxylic acids is 3. The topological polar surface area (TPSA) is 88.1 Å². The van der Waals surface area contributed by atoms with Gasteiger partial charge in [0.2, 0.25) is 6.79 Å². The van der Waals surface area contributed by atoms with Crippen LogP contribution in [0.1, 0.15) is 25.7 Å². The molecule has 1 fully saturated rings. The summed E-state index contributed by atoms with van der Waals surface area (Å²) < 4.78 is 18.7. The van der Waals surface area contributed by atoms with Gasteiger partial charge < -0.3 is 18.9 Å². The van der Waals surface area contributed by atoms with Gasteiger partial charge in [0.05, 0.1) is 13.0 Å². The van der Waals surface area contributed by atoms with Gasteiger partial charge in [0, 0.05) is 6.08 Å². The van der Waals surface area contributed by atoms with E-state index in [2.05, 4.69) is 20.8 Å². The molecule has 0 N–H and O–H groups in total. The molecule has 1 rings (SSSR count). The molecule has 1 saturated carbocycles. The normalized spacial score (nSPS) is 21.4. The van der Waals surface area contributed by atoms with Crippen LogP contribution in [-0.2, 0) is 28.5 Å². The zero-order valence-electron chi connectivity index (χ0n) is 11.3. The fourth-order valence-electron chi connectivity index (χ4n) is 1.95. The van der Waals surface area contributed by atoms with Gasteiger partial charge in [-0.1, -0.05) is 6.58 Å². The van der Waals surface area contributed by atoms with Crippen molar-refractivity contribution in [3.8, 4) is 0 Å². The third-order valence-corrected chi connectivity index (χ3v) is 3.02. The Morgan fingerprint density at radius 2 is 1.80 bits per heavy atom. The molecule has 1 aliphatic carbocycles. The first-order valence-electron chi connectivity index (χ1n) is 6.27. The minimum absolute atomic E-state index is 0.135. The lowest BCUT2D eigenvalue weighted by molar-refractivity contribution is -0.148. The van der Waals surface area contributed by atoms with Crippen LogP contribution in [0, 0.1) is 5.92 Å². The molecule has 0 saturated heterocycles. The molecule has 0 unspecified atom stereocenters. The van der Waals surface area contributed by atoms with Crippen molar-refractivity contribution in [2.45, 2.75) is 31.8 Å². The van der Waals surface area contributed by atoms with Crippen LogP contribution in [0.3, 0.4) is 0 Å². The molecule has 0 aromatic rings. The van der Waals surface area contributed by atoms with Gasteiger partial charge in [0.25, 0.3) is 0 Å². The van der Waals surface area contributed by atoms with E-state index in [0.29, 0.717) is 25.7 Å². The summed E-state index contributed by atoms with van der Waals surface area (Å²) in [4.78, 5) is 33.3. The van der Waals surface area contributed by atoms with Crippen molar-refractivity contribution in [2.24, 2.45) is 5.92 Å². The van der Waals surface area contributed by atoms with E-state index in [0.717, 1.165) is 6.08 Å². The Balaban J connectivity index is 2.19. The zero-order chi connectivity index (χ0) is 15.0. The smallest absolute Gasteiger partial charge is 0.469 e. The van der Waals surface area contributed by atoms with E-state index in [1.54, 1.807) is 0 Å². The summed E-state index contributed by atoms with van der Waals surface area (Å²) in [5, 5.41) is 0. The van der Waals surface area contributed by atoms with Crippen LogP contribution in [0.4, 0.5) is 4.79 Å². The van der Waals surface area contributed by atoms with Gasteiger partial charge in [-0.25, -0.2) is 9.59 Å². The molecule has 112 valence electrons. The second-order valence-corrected chi connectivity index (χ2v) is 4.29. The molecule has 0 atom stereocenters. The Labute approximate surface area is 116 Å². The highest BCUT2D eigenvalue weighted by atomic mass is 16.8. The number of hydrogen-bond acceptors (Lipinski definition) is 7. The van der Waals surface area contributed by atoms with Gasteiger partial charge in [-0.05, 0) is 25.7 Å². The molecule has 0 aromatic carbocycles. The monoisotopic (exact) mass is 286 g/mol. The molecule has 0 aromatic heterocycles. The second-order valence-electron chi connectivity index (χ2n) is 4.29. The molecule has 0 bridgehead atoms. The van der Waals surface area contributed by atoms with E-state index in [9.17, 15) is 14.4 Å². The number of carbonyl (C=O) groups is 3. The highest BCUT2D eigenvalue weighted by molar-refractivity contribution is 5.81. The van der Waals surface area contributed by atoms with Gasteiger partial charge in [-0.2, -0.15) is 0 Å². The lowest BCUT2D eigenvalue weighted by Gasteiger charge is -2.26. The Hall–Kier alpha value is -2.05. The Morgan fingerprint density at radius 1 is 1.15 bits per heavy atom. The molecule has 20 heavy (non-hydrogen) atoms. The minimum Gasteiger partial charge on any atom is -0.469 e. The maximum Gasteiger partial charge on any atom is 0.511 e. The molecule has 0 spiro atoms. The van der Waals surface area contributed by atoms with Crippen LogP contribution in [0.5, 0.6) is 0 Å². The van der Waals surface area contributed by atoms with Crippen LogP contribution in [-0.4, -0.2) is 38.1 Å². The van der Waals surface area contributed by atoms with Crippen molar-refractivity contribution in [3.05, 3.63) is 12.7 Å². The van der Waals surface area contributed by atoms with Crippen LogP contribution in [0.15, 0.2) is 12.7 Å². The van der Waals surface area contributed by atoms with Gasteiger partial charge in [0.1, 0.15) is 6.10 Å². The number of hydrogen-bond donors (Lipinski definition) is 0. The third kappa shape index (κ3) is 5.29. The largest absolute Gasteiger partial charge is 0.511 e. The van der Waals surface area contributed by atoms with Crippen LogP contribution >= 0.6 is 0 Å². The van der Waals surface area contributed by atoms with Crippen LogP contribution < -0.4 is 0 Å². The van der Waals surface area contributed by atoms with E-state index in [1.807, 2.05) is 0 Å². The summed E-state index contributed by atoms with van der Waals surface area (Å²) in [6.45, 7) is 2.68. The summed E-state index contributed by atoms with van der Waals surface area (Å²) in [6, 6.07) is 0. The summed E-state index contributed by atoms with van der Waals surface area (Å²) in [5.41, 5.74) is 0. The quantitative estimate of drug-likeness (QED) is 0.328. The molecule has 0 heterocycles. The van der Waals surface area contributed by atoms with Gasteiger partial charge in [0.15, 0.2) is 0 Å². The van der Waals surface area contributed by atoms with Crippen LogP contribution in [0.25, 0.3) is 0 Å². The Bertz CT molecular complexity index is 369. The average Bonchev–Trinajstić information content (AvgIpc) is 2.47. The second kappa shape index (κ2) is 8.19. The molecular weight excluding hydrogens is 268 g/mol. The Morgan fingerprint density at radius 3 is 2.35 bits per heavy atom. The number of rotatable bonds is 5. The molecule has 0 radical (unpaired) electrons. The van der Waals surface area contributed by atoms with Crippen LogP contribution in [0.2, 0.25) is 0 Å². The van der Waals surface area contributed by atoms with Gasteiger partial charge in [-0.3, -0.25) is 4.79 Å². The summed E-state index contributed by atoms with van der Waals surface area (Å²) >= 11 is 0. The SMILES string of the molecule is C=CC(=O)OCOC(=O)OC1CCC(C(=O)OC)CC1. The predicted octanol–water partition coefficient (Wildman–Crippen LogP) is 1.56. The first kappa shape index (κ1) is 16.0. The summed E-state index contributed by atoms with van der Waals surface area (Å²) in [7, 11) is 1.35. The van der Waals surface area contributed by atoms with E-state index in [4.69, 9.17) is 4.74 Å². The zero-order valence-corrected chi connectivity index (χ0v) is 11.3. The first-order chi connectivity index (χ1) is 9.56. The average molecular weight is 286 g/mol. The lowest BCUT2D eigenvalue weighted by atomic mass is 9.87. The van der Waals surface area contributed by atoms with E-state index >= 15 is 0 Å². The minimum atomic E-state index is -0.900. The summed E-state index contributed by atoms with van der Waals surface area (Å²) in [6.07, 6.45) is 2.12. The molecule has 7 nitrogen and oxygen atoms in total. The van der Waals surface area contributed by atoms with E-state index in [-0.39, 0.29) is 18.0 Å². The summed E-state index contributed by atoms with van der Waals surface area (Å²) in [5.74, 6) is -1.05. The lowest BCUT2D eigenvalue weighted by Crippen LogP contribution is -2.29. The van der Waals surface area contributed by atoms with Gasteiger partial charge >= 0.3 is 18.1 Å². The van der Waals surface area contributed by atoms with Gasteiger partial charge in [-0.15, -0.1) is 0 Å². The maximum atomic E-state index is 11.3. The van der Waals surface area contributed by atoms with Crippen molar-refractivity contribution in [2.75, 3.05) is 13.9 Å². The third-order valence-electron chi connectivity index (χ3n) is 3.02. The molecule has 0 amide bonds. The van der Waals surface area contributed by atoms with E-state index in [1.165, 1.54) is 7.11 Å². The van der Waals surface area contributed by atoms with Crippen molar-refractivity contribution < 1.29 is 33.3 Å². The highest BCUT2D eigenvalue weighted by Crippen LogP contribution is 2.27. The highest BCUT2D eigenvalue weighted by Gasteiger charge is 2.29. The van der Waals surface area contributed by atoms with Crippen molar-refractivity contribution in [3.63, 3.8) is 0 Å². The standard InChI is InChI=1S/C13H18O7/c1-3-11(14)18-8-19-13(16)20-10-6-4-9(5-7-10)12(15)17-2/h3,9-10H,1,4-8H2,2H3. The van der Waals surface area contributed by atoms with E-state index < -0.39 is 18.9 Å². The first-order valence-corrected chi connectivity index (χ1v) is 6.27. The number of esters is 2. The van der Waals surface area contributed by atoms with Crippen molar-refractivity contribution in [1.82, 2.24) is 0 Å². The maximum absolute atomic E-state index is 11.3. The molecule has 7 heteroatoms. The molecule has 1 aliphatic rings. The molecular formula is C13H18O7. The predicted molar refractivity (Wildman–Crippen MR) is 66.5 cm³/mol. The van der Waals surface area contributed by atoms with Crippen molar-refractivity contribution in [1.29, 1.82) is 0 Å². The fourth-order valence-corrected chi connectivity index (χ4v) is 1.95. The number of ether oxygens (including phenoxy) is 4.